The van der Waals surface area contributed by atoms with Gasteiger partial charge >= 0.3 is 12.4 Å². The lowest BCUT2D eigenvalue weighted by Gasteiger charge is -2.11. The molecule has 0 aliphatic rings. The Labute approximate surface area is 122 Å². The van der Waals surface area contributed by atoms with Crippen molar-refractivity contribution in [3.63, 3.8) is 0 Å². The van der Waals surface area contributed by atoms with E-state index in [4.69, 9.17) is 9.47 Å². The van der Waals surface area contributed by atoms with Gasteiger partial charge in [-0.3, -0.25) is 0 Å². The summed E-state index contributed by atoms with van der Waals surface area (Å²) in [5, 5.41) is 0. The Morgan fingerprint density at radius 2 is 1.05 bits per heavy atom. The fraction of sp³-hybridized carbons (Fsp3) is 0.286. The summed E-state index contributed by atoms with van der Waals surface area (Å²) in [5.74, 6) is 0.210. The summed E-state index contributed by atoms with van der Waals surface area (Å²) in [6.45, 7) is 0. The van der Waals surface area contributed by atoms with Crippen LogP contribution in [0.2, 0.25) is 0 Å². The van der Waals surface area contributed by atoms with Crippen molar-refractivity contribution in [2.45, 2.75) is 12.4 Å². The van der Waals surface area contributed by atoms with E-state index in [2.05, 4.69) is 0 Å². The zero-order chi connectivity index (χ0) is 17.0. The Kier molecular flexibility index (Phi) is 5.51. The minimum atomic E-state index is -4.59. The lowest BCUT2D eigenvalue weighted by Crippen LogP contribution is -2.02. The SMILES string of the molecule is COc1cc(/C=C\C(F)(F)F)c(/C=C\C(F)(F)F)cc1OC. The molecule has 0 aliphatic heterocycles. The lowest BCUT2D eigenvalue weighted by atomic mass is 10.0. The van der Waals surface area contributed by atoms with Crippen LogP contribution in [0.4, 0.5) is 26.3 Å². The summed E-state index contributed by atoms with van der Waals surface area (Å²) in [5.41, 5.74) is -0.175. The average Bonchev–Trinajstić information content (AvgIpc) is 2.40. The summed E-state index contributed by atoms with van der Waals surface area (Å²) < 4.78 is 83.3. The third-order valence-electron chi connectivity index (χ3n) is 2.49. The first kappa shape index (κ1) is 17.9. The second-order valence-electron chi connectivity index (χ2n) is 4.09. The summed E-state index contributed by atoms with van der Waals surface area (Å²) in [6, 6.07) is 2.33. The number of benzene rings is 1. The van der Waals surface area contributed by atoms with E-state index >= 15 is 0 Å². The summed E-state index contributed by atoms with van der Waals surface area (Å²) in [7, 11) is 2.53. The van der Waals surface area contributed by atoms with Crippen molar-refractivity contribution < 1.29 is 35.8 Å². The van der Waals surface area contributed by atoms with Crippen molar-refractivity contribution in [2.24, 2.45) is 0 Å². The van der Waals surface area contributed by atoms with Gasteiger partial charge in [0.1, 0.15) is 0 Å². The number of halogens is 6. The fourth-order valence-corrected chi connectivity index (χ4v) is 1.57. The molecule has 0 fully saturated rings. The van der Waals surface area contributed by atoms with Crippen LogP contribution < -0.4 is 9.47 Å². The predicted molar refractivity (Wildman–Crippen MR) is 69.7 cm³/mol. The minimum absolute atomic E-state index is 0.0703. The maximum absolute atomic E-state index is 12.2. The highest BCUT2D eigenvalue weighted by atomic mass is 19.4. The zero-order valence-corrected chi connectivity index (χ0v) is 11.5. The lowest BCUT2D eigenvalue weighted by molar-refractivity contribution is -0.0801. The van der Waals surface area contributed by atoms with Crippen LogP contribution in [0.3, 0.4) is 0 Å². The minimum Gasteiger partial charge on any atom is -0.493 e. The Bertz CT molecular complexity index is 519. The van der Waals surface area contributed by atoms with Gasteiger partial charge in [0, 0.05) is 12.2 Å². The molecule has 0 amide bonds. The quantitative estimate of drug-likeness (QED) is 0.736. The Morgan fingerprint density at radius 3 is 1.27 bits per heavy atom. The normalized spacial score (nSPS) is 13.1. The van der Waals surface area contributed by atoms with Crippen LogP contribution in [-0.2, 0) is 0 Å². The van der Waals surface area contributed by atoms with Crippen LogP contribution in [0.1, 0.15) is 11.1 Å². The molecule has 0 aromatic heterocycles. The first-order valence-corrected chi connectivity index (χ1v) is 5.83. The van der Waals surface area contributed by atoms with Gasteiger partial charge in [-0.25, -0.2) is 0 Å². The summed E-state index contributed by atoms with van der Waals surface area (Å²) in [6.07, 6.45) is -7.98. The maximum atomic E-state index is 12.2. The highest BCUT2D eigenvalue weighted by molar-refractivity contribution is 5.70. The molecule has 0 aliphatic carbocycles. The molecular weight excluding hydrogens is 314 g/mol. The second kappa shape index (κ2) is 6.76. The number of hydrogen-bond acceptors (Lipinski definition) is 2. The molecule has 2 nitrogen and oxygen atoms in total. The molecule has 0 saturated heterocycles. The summed E-state index contributed by atoms with van der Waals surface area (Å²) >= 11 is 0. The van der Waals surface area contributed by atoms with Crippen LogP contribution in [0.5, 0.6) is 11.5 Å². The van der Waals surface area contributed by atoms with Crippen LogP contribution in [0.25, 0.3) is 12.2 Å². The molecule has 8 heteroatoms. The van der Waals surface area contributed by atoms with Gasteiger partial charge in [0.2, 0.25) is 0 Å². The standard InChI is InChI=1S/C14H12F6O2/c1-21-11-7-9(3-5-13(15,16)17)10(8-12(11)22-2)4-6-14(18,19)20/h3-8H,1-2H3/b5-3-,6-4-. The smallest absolute Gasteiger partial charge is 0.409 e. The van der Waals surface area contributed by atoms with Gasteiger partial charge in [-0.15, -0.1) is 0 Å². The molecule has 22 heavy (non-hydrogen) atoms. The zero-order valence-electron chi connectivity index (χ0n) is 11.5. The Morgan fingerprint density at radius 1 is 0.727 bits per heavy atom. The molecule has 1 aromatic rings. The third-order valence-corrected chi connectivity index (χ3v) is 2.49. The van der Waals surface area contributed by atoms with Crippen LogP contribution in [0, 0.1) is 0 Å². The van der Waals surface area contributed by atoms with Crippen LogP contribution >= 0.6 is 0 Å². The molecule has 0 radical (unpaired) electrons. The van der Waals surface area contributed by atoms with Gasteiger partial charge in [0.25, 0.3) is 0 Å². The van der Waals surface area contributed by atoms with Gasteiger partial charge in [-0.2, -0.15) is 26.3 Å². The van der Waals surface area contributed by atoms with Crippen molar-refractivity contribution >= 4 is 12.2 Å². The van der Waals surface area contributed by atoms with Gasteiger partial charge in [-0.1, -0.05) is 0 Å². The molecule has 0 saturated carbocycles. The van der Waals surface area contributed by atoms with Crippen molar-refractivity contribution in [1.29, 1.82) is 0 Å². The molecule has 1 aromatic carbocycles. The number of alkyl halides is 6. The Hall–Kier alpha value is -2.12. The number of allylic oxidation sites excluding steroid dienone is 2. The second-order valence-corrected chi connectivity index (χ2v) is 4.09. The third kappa shape index (κ3) is 5.71. The number of rotatable bonds is 4. The molecule has 0 N–H and O–H groups in total. The molecule has 0 heterocycles. The van der Waals surface area contributed by atoms with E-state index in [1.807, 2.05) is 0 Å². The first-order chi connectivity index (χ1) is 10.1. The molecule has 122 valence electrons. The van der Waals surface area contributed by atoms with Crippen molar-refractivity contribution in [1.82, 2.24) is 0 Å². The van der Waals surface area contributed by atoms with Crippen molar-refractivity contribution in [3.05, 3.63) is 35.4 Å². The van der Waals surface area contributed by atoms with E-state index in [-0.39, 0.29) is 34.8 Å². The van der Waals surface area contributed by atoms with E-state index in [0.717, 1.165) is 12.1 Å². The highest BCUT2D eigenvalue weighted by Crippen LogP contribution is 2.33. The van der Waals surface area contributed by atoms with E-state index in [1.54, 1.807) is 0 Å². The largest absolute Gasteiger partial charge is 0.493 e. The number of hydrogen-bond donors (Lipinski definition) is 0. The predicted octanol–water partition coefficient (Wildman–Crippen LogP) is 4.85. The maximum Gasteiger partial charge on any atom is 0.409 e. The molecular formula is C14H12F6O2. The molecule has 1 rings (SSSR count). The van der Waals surface area contributed by atoms with Gasteiger partial charge in [0.05, 0.1) is 14.2 Å². The monoisotopic (exact) mass is 326 g/mol. The fourth-order valence-electron chi connectivity index (χ4n) is 1.57. The van der Waals surface area contributed by atoms with Gasteiger partial charge in [0.15, 0.2) is 11.5 Å². The van der Waals surface area contributed by atoms with E-state index in [9.17, 15) is 26.3 Å². The Balaban J connectivity index is 3.37. The van der Waals surface area contributed by atoms with Crippen molar-refractivity contribution in [3.8, 4) is 11.5 Å². The van der Waals surface area contributed by atoms with Crippen LogP contribution in [-0.4, -0.2) is 26.6 Å². The molecule has 0 spiro atoms. The topological polar surface area (TPSA) is 18.5 Å². The first-order valence-electron chi connectivity index (χ1n) is 5.83. The number of methoxy groups -OCH3 is 2. The van der Waals surface area contributed by atoms with E-state index < -0.39 is 12.4 Å². The molecule has 0 bridgehead atoms. The average molecular weight is 326 g/mol. The van der Waals surface area contributed by atoms with E-state index in [0.29, 0.717) is 12.2 Å². The molecule has 0 unspecified atom stereocenters. The van der Waals surface area contributed by atoms with Crippen molar-refractivity contribution in [2.75, 3.05) is 14.2 Å². The van der Waals surface area contributed by atoms with Gasteiger partial charge < -0.3 is 9.47 Å². The van der Waals surface area contributed by atoms with Gasteiger partial charge in [-0.05, 0) is 35.4 Å². The highest BCUT2D eigenvalue weighted by Gasteiger charge is 2.24. The summed E-state index contributed by atoms with van der Waals surface area (Å²) in [4.78, 5) is 0. The van der Waals surface area contributed by atoms with E-state index in [1.165, 1.54) is 14.2 Å². The number of ether oxygens (including phenoxy) is 2. The van der Waals surface area contributed by atoms with Crippen LogP contribution in [0.15, 0.2) is 24.3 Å². The molecule has 0 atom stereocenters.